The van der Waals surface area contributed by atoms with E-state index in [4.69, 9.17) is 18.6 Å². The molecule has 2 aromatic rings. The molecule has 1 fully saturated rings. The lowest BCUT2D eigenvalue weighted by Gasteiger charge is -2.07. The number of cyclic esters (lactones) is 1. The van der Waals surface area contributed by atoms with Crippen molar-refractivity contribution in [2.75, 3.05) is 20.8 Å². The minimum atomic E-state index is -0.279. The Morgan fingerprint density at radius 3 is 2.73 bits per heavy atom. The van der Waals surface area contributed by atoms with E-state index in [0.717, 1.165) is 0 Å². The first kappa shape index (κ1) is 14.7. The predicted molar refractivity (Wildman–Crippen MR) is 78.1 cm³/mol. The zero-order chi connectivity index (χ0) is 15.5. The number of carbonyl (C=O) groups is 1. The summed E-state index contributed by atoms with van der Waals surface area (Å²) in [5, 5.41) is 8.02. The minimum Gasteiger partial charge on any atom is -0.493 e. The van der Waals surface area contributed by atoms with E-state index in [1.54, 1.807) is 32.4 Å². The van der Waals surface area contributed by atoms with Crippen molar-refractivity contribution in [2.24, 2.45) is 0 Å². The second-order valence-electron chi connectivity index (χ2n) is 4.51. The van der Waals surface area contributed by atoms with E-state index in [1.165, 1.54) is 11.8 Å². The van der Waals surface area contributed by atoms with E-state index >= 15 is 0 Å². The summed E-state index contributed by atoms with van der Waals surface area (Å²) in [4.78, 5) is 11.4. The summed E-state index contributed by atoms with van der Waals surface area (Å²) in [7, 11) is 3.13. The topological polar surface area (TPSA) is 83.7 Å². The molecule has 1 unspecified atom stereocenters. The standard InChI is InChI=1S/C14H14N2O5S/c1-18-9-4-3-8(7-10(9)19-2)12-15-16-14(21-12)22-11-5-6-20-13(11)17/h3-4,7,11H,5-6H2,1-2H3. The Labute approximate surface area is 130 Å². The highest BCUT2D eigenvalue weighted by Crippen LogP contribution is 2.34. The number of esters is 1. The van der Waals surface area contributed by atoms with E-state index in [9.17, 15) is 4.79 Å². The quantitative estimate of drug-likeness (QED) is 0.774. The maximum absolute atomic E-state index is 11.4. The number of rotatable bonds is 5. The van der Waals surface area contributed by atoms with Crippen molar-refractivity contribution >= 4 is 17.7 Å². The summed E-state index contributed by atoms with van der Waals surface area (Å²) in [6.07, 6.45) is 0.650. The third kappa shape index (κ3) is 2.87. The Morgan fingerprint density at radius 2 is 2.05 bits per heavy atom. The highest BCUT2D eigenvalue weighted by Gasteiger charge is 2.29. The molecular formula is C14H14N2O5S. The van der Waals surface area contributed by atoms with Gasteiger partial charge in [0.25, 0.3) is 5.22 Å². The molecule has 8 heteroatoms. The molecule has 1 aromatic heterocycles. The third-order valence-corrected chi connectivity index (χ3v) is 4.25. The van der Waals surface area contributed by atoms with Crippen LogP contribution in [0.2, 0.25) is 0 Å². The Balaban J connectivity index is 1.80. The highest BCUT2D eigenvalue weighted by atomic mass is 32.2. The van der Waals surface area contributed by atoms with Crippen molar-refractivity contribution < 1.29 is 23.4 Å². The van der Waals surface area contributed by atoms with Crippen molar-refractivity contribution in [3.63, 3.8) is 0 Å². The molecule has 0 radical (unpaired) electrons. The van der Waals surface area contributed by atoms with Crippen molar-refractivity contribution in [1.29, 1.82) is 0 Å². The van der Waals surface area contributed by atoms with Gasteiger partial charge in [-0.25, -0.2) is 0 Å². The van der Waals surface area contributed by atoms with Crippen LogP contribution in [0.3, 0.4) is 0 Å². The van der Waals surface area contributed by atoms with Crippen molar-refractivity contribution in [1.82, 2.24) is 10.2 Å². The fourth-order valence-corrected chi connectivity index (χ4v) is 2.89. The Morgan fingerprint density at radius 1 is 1.23 bits per heavy atom. The zero-order valence-electron chi connectivity index (χ0n) is 12.1. The molecule has 1 saturated heterocycles. The van der Waals surface area contributed by atoms with Crippen LogP contribution in [0.4, 0.5) is 0 Å². The molecule has 0 amide bonds. The first-order chi connectivity index (χ1) is 10.7. The molecule has 116 valence electrons. The van der Waals surface area contributed by atoms with Gasteiger partial charge in [-0.15, -0.1) is 10.2 Å². The minimum absolute atomic E-state index is 0.240. The van der Waals surface area contributed by atoms with Gasteiger partial charge in [-0.2, -0.15) is 0 Å². The fourth-order valence-electron chi connectivity index (χ4n) is 2.05. The molecule has 0 spiro atoms. The lowest BCUT2D eigenvalue weighted by atomic mass is 10.2. The van der Waals surface area contributed by atoms with Crippen LogP contribution in [0.15, 0.2) is 27.8 Å². The monoisotopic (exact) mass is 322 g/mol. The summed E-state index contributed by atoms with van der Waals surface area (Å²) in [6, 6.07) is 5.32. The number of ether oxygens (including phenoxy) is 3. The van der Waals surface area contributed by atoms with Crippen LogP contribution in [0.5, 0.6) is 11.5 Å². The summed E-state index contributed by atoms with van der Waals surface area (Å²) in [6.45, 7) is 0.438. The molecule has 1 atom stereocenters. The van der Waals surface area contributed by atoms with Gasteiger partial charge in [0.05, 0.1) is 20.8 Å². The van der Waals surface area contributed by atoms with E-state index in [-0.39, 0.29) is 11.2 Å². The van der Waals surface area contributed by atoms with Crippen LogP contribution < -0.4 is 9.47 Å². The Hall–Kier alpha value is -2.22. The Bertz CT molecular complexity index is 688. The third-order valence-electron chi connectivity index (χ3n) is 3.17. The van der Waals surface area contributed by atoms with Crippen molar-refractivity contribution in [3.05, 3.63) is 18.2 Å². The van der Waals surface area contributed by atoms with Gasteiger partial charge in [-0.05, 0) is 30.0 Å². The van der Waals surface area contributed by atoms with Crippen LogP contribution >= 0.6 is 11.8 Å². The van der Waals surface area contributed by atoms with Gasteiger partial charge in [-0.3, -0.25) is 4.79 Å². The maximum Gasteiger partial charge on any atom is 0.319 e. The van der Waals surface area contributed by atoms with Crippen molar-refractivity contribution in [3.8, 4) is 23.0 Å². The number of benzene rings is 1. The maximum atomic E-state index is 11.4. The lowest BCUT2D eigenvalue weighted by Crippen LogP contribution is -2.09. The van der Waals surface area contributed by atoms with Crippen LogP contribution in [0, 0.1) is 0 Å². The number of thioether (sulfide) groups is 1. The van der Waals surface area contributed by atoms with E-state index in [2.05, 4.69) is 10.2 Å². The number of nitrogens with zero attached hydrogens (tertiary/aromatic N) is 2. The molecule has 0 aliphatic carbocycles. The molecule has 1 aromatic carbocycles. The van der Waals surface area contributed by atoms with Crippen molar-refractivity contribution in [2.45, 2.75) is 16.9 Å². The number of aromatic nitrogens is 2. The summed E-state index contributed by atoms with van der Waals surface area (Å²) in [5.74, 6) is 1.31. The lowest BCUT2D eigenvalue weighted by molar-refractivity contribution is -0.137. The molecular weight excluding hydrogens is 308 g/mol. The Kier molecular flexibility index (Phi) is 4.19. The average molecular weight is 322 g/mol. The molecule has 0 bridgehead atoms. The van der Waals surface area contributed by atoms with Crippen LogP contribution in [-0.2, 0) is 9.53 Å². The van der Waals surface area contributed by atoms with E-state index in [0.29, 0.717) is 41.2 Å². The smallest absolute Gasteiger partial charge is 0.319 e. The van der Waals surface area contributed by atoms with Gasteiger partial charge < -0.3 is 18.6 Å². The number of hydrogen-bond acceptors (Lipinski definition) is 8. The normalized spacial score (nSPS) is 17.4. The van der Waals surface area contributed by atoms with Gasteiger partial charge in [0.1, 0.15) is 5.25 Å². The first-order valence-electron chi connectivity index (χ1n) is 6.60. The first-order valence-corrected chi connectivity index (χ1v) is 7.48. The van der Waals surface area contributed by atoms with Gasteiger partial charge in [0.15, 0.2) is 11.5 Å². The molecule has 3 rings (SSSR count). The molecule has 1 aliphatic rings. The van der Waals surface area contributed by atoms with Gasteiger partial charge >= 0.3 is 5.97 Å². The molecule has 0 N–H and O–H groups in total. The van der Waals surface area contributed by atoms with Gasteiger partial charge in [0.2, 0.25) is 5.89 Å². The summed E-state index contributed by atoms with van der Waals surface area (Å²) in [5.41, 5.74) is 0.714. The molecule has 1 aliphatic heterocycles. The largest absolute Gasteiger partial charge is 0.493 e. The van der Waals surface area contributed by atoms with E-state index in [1.807, 2.05) is 0 Å². The molecule has 22 heavy (non-hydrogen) atoms. The zero-order valence-corrected chi connectivity index (χ0v) is 12.9. The summed E-state index contributed by atoms with van der Waals surface area (Å²) >= 11 is 1.22. The SMILES string of the molecule is COc1ccc(-c2nnc(SC3CCOC3=O)o2)cc1OC. The summed E-state index contributed by atoms with van der Waals surface area (Å²) < 4.78 is 20.9. The average Bonchev–Trinajstić information content (AvgIpc) is 3.17. The number of carbonyl (C=O) groups excluding carboxylic acids is 1. The van der Waals surface area contributed by atoms with Crippen LogP contribution in [0.1, 0.15) is 6.42 Å². The number of methoxy groups -OCH3 is 2. The number of hydrogen-bond donors (Lipinski definition) is 0. The van der Waals surface area contributed by atoms with E-state index < -0.39 is 0 Å². The van der Waals surface area contributed by atoms with Crippen LogP contribution in [0.25, 0.3) is 11.5 Å². The van der Waals surface area contributed by atoms with Gasteiger partial charge in [-0.1, -0.05) is 0 Å². The second kappa shape index (κ2) is 6.27. The fraction of sp³-hybridized carbons (Fsp3) is 0.357. The highest BCUT2D eigenvalue weighted by molar-refractivity contribution is 8.00. The van der Waals surface area contributed by atoms with Gasteiger partial charge in [0, 0.05) is 12.0 Å². The second-order valence-corrected chi connectivity index (χ2v) is 5.66. The molecule has 2 heterocycles. The molecule has 0 saturated carbocycles. The van der Waals surface area contributed by atoms with Crippen LogP contribution in [-0.4, -0.2) is 42.2 Å². The predicted octanol–water partition coefficient (Wildman–Crippen LogP) is 2.16. The molecule has 7 nitrogen and oxygen atoms in total.